The molecule has 0 aliphatic carbocycles. The Labute approximate surface area is 195 Å². The van der Waals surface area contributed by atoms with E-state index >= 15 is 0 Å². The van der Waals surface area contributed by atoms with Gasteiger partial charge in [-0.3, -0.25) is 14.7 Å². The van der Waals surface area contributed by atoms with Crippen molar-refractivity contribution >= 4 is 11.9 Å². The molecule has 8 nitrogen and oxygen atoms in total. The fraction of sp³-hybridized carbons (Fsp3) is 0.400. The average Bonchev–Trinajstić information content (AvgIpc) is 3.46. The lowest BCUT2D eigenvalue weighted by molar-refractivity contribution is -0.137. The monoisotopic (exact) mass is 454 g/mol. The van der Waals surface area contributed by atoms with Crippen molar-refractivity contribution < 1.29 is 25.2 Å². The first-order chi connectivity index (χ1) is 16.1. The molecule has 3 rings (SSSR count). The highest BCUT2D eigenvalue weighted by atomic mass is 16.5. The van der Waals surface area contributed by atoms with E-state index in [1.165, 1.54) is 4.90 Å². The van der Waals surface area contributed by atoms with Crippen molar-refractivity contribution in [1.29, 1.82) is 0 Å². The molecule has 1 aromatic carbocycles. The van der Waals surface area contributed by atoms with Crippen LogP contribution in [0.4, 0.5) is 0 Å². The number of nitrogens with one attached hydrogen (secondary N) is 1. The minimum absolute atomic E-state index is 0.120. The minimum atomic E-state index is -1.21. The summed E-state index contributed by atoms with van der Waals surface area (Å²) >= 11 is 0. The highest BCUT2D eigenvalue weighted by molar-refractivity contribution is 5.93. The Morgan fingerprint density at radius 3 is 2.70 bits per heavy atom. The van der Waals surface area contributed by atoms with Gasteiger partial charge in [-0.25, -0.2) is 0 Å². The molecule has 0 aliphatic heterocycles. The highest BCUT2D eigenvalue weighted by Crippen LogP contribution is 2.25. The highest BCUT2D eigenvalue weighted by Gasteiger charge is 2.23. The van der Waals surface area contributed by atoms with Gasteiger partial charge in [0.15, 0.2) is 11.5 Å². The Hall–Kier alpha value is -3.55. The Morgan fingerprint density at radius 2 is 2.00 bits per heavy atom. The molecule has 33 heavy (non-hydrogen) atoms. The molecular formula is C25H31N3O5. The number of furan rings is 1. The molecule has 1 atom stereocenters. The van der Waals surface area contributed by atoms with Gasteiger partial charge in [0.05, 0.1) is 13.7 Å². The summed E-state index contributed by atoms with van der Waals surface area (Å²) in [5, 5.41) is 15.7. The summed E-state index contributed by atoms with van der Waals surface area (Å²) in [5.74, 6) is 0.0216. The molecule has 0 bridgehead atoms. The molecule has 0 unspecified atom stereocenters. The van der Waals surface area contributed by atoms with Crippen molar-refractivity contribution in [3.63, 3.8) is 0 Å². The predicted octanol–water partition coefficient (Wildman–Crippen LogP) is 5.13. The number of nitrogens with zero attached hydrogens (tertiary/aromatic N) is 2. The second kappa shape index (κ2) is 11.4. The molecular weight excluding hydrogens is 422 g/mol. The molecule has 0 radical (unpaired) electrons. The van der Waals surface area contributed by atoms with Gasteiger partial charge in [0.2, 0.25) is 0 Å². The average molecular weight is 455 g/mol. The summed E-state index contributed by atoms with van der Waals surface area (Å²) in [5.41, 5.74) is 1.55. The predicted molar refractivity (Wildman–Crippen MR) is 124 cm³/mol. The number of carbonyl (C=O) groups excluding carboxylic acids is 1. The molecule has 176 valence electrons. The number of rotatable bonds is 12. The number of para-hydroxylation sites is 1. The third-order valence-electron chi connectivity index (χ3n) is 5.25. The van der Waals surface area contributed by atoms with Crippen LogP contribution in [0.3, 0.4) is 0 Å². The number of ether oxygens (including phenoxy) is 1. The molecule has 0 saturated carbocycles. The van der Waals surface area contributed by atoms with Crippen LogP contribution in [0.2, 0.25) is 0 Å². The lowest BCUT2D eigenvalue weighted by Gasteiger charge is -2.27. The van der Waals surface area contributed by atoms with Crippen molar-refractivity contribution in [2.75, 3.05) is 0 Å². The van der Waals surface area contributed by atoms with Crippen LogP contribution in [0.5, 0.6) is 5.75 Å². The number of aliphatic carboxylic acids is 1. The van der Waals surface area contributed by atoms with Crippen LogP contribution >= 0.6 is 0 Å². The molecule has 0 aliphatic rings. The van der Waals surface area contributed by atoms with E-state index in [2.05, 4.69) is 10.2 Å². The third-order valence-corrected chi connectivity index (χ3v) is 5.25. The third kappa shape index (κ3) is 6.71. The van der Waals surface area contributed by atoms with E-state index in [0.29, 0.717) is 23.6 Å². The number of aromatic amines is 1. The fourth-order valence-electron chi connectivity index (χ4n) is 3.46. The topological polar surface area (TPSA) is 109 Å². The Kier molecular flexibility index (Phi) is 7.79. The zero-order valence-electron chi connectivity index (χ0n) is 20.2. The summed E-state index contributed by atoms with van der Waals surface area (Å²) in [7, 11) is 0. The molecule has 2 heterocycles. The quantitative estimate of drug-likeness (QED) is 0.367. The first-order valence-corrected chi connectivity index (χ1v) is 11.0. The number of carboxylic acids is 1. The first-order valence-electron chi connectivity index (χ1n) is 11.5. The van der Waals surface area contributed by atoms with Crippen molar-refractivity contribution in [3.05, 3.63) is 60.0 Å². The Morgan fingerprint density at radius 1 is 1.21 bits per heavy atom. The van der Waals surface area contributed by atoms with E-state index in [0.717, 1.165) is 18.4 Å². The first kappa shape index (κ1) is 22.6. The van der Waals surface area contributed by atoms with Crippen LogP contribution in [0.15, 0.2) is 53.1 Å². The van der Waals surface area contributed by atoms with Gasteiger partial charge >= 0.3 is 5.97 Å². The summed E-state index contributed by atoms with van der Waals surface area (Å²) < 4.78 is 20.1. The fourth-order valence-corrected chi connectivity index (χ4v) is 3.46. The van der Waals surface area contributed by atoms with E-state index in [1.54, 1.807) is 38.3 Å². The van der Waals surface area contributed by atoms with Crippen LogP contribution < -0.4 is 4.74 Å². The van der Waals surface area contributed by atoms with Crippen molar-refractivity contribution in [1.82, 2.24) is 15.1 Å². The second-order valence-electron chi connectivity index (χ2n) is 8.16. The maximum absolute atomic E-state index is 13.3. The van der Waals surface area contributed by atoms with Gasteiger partial charge in [-0.1, -0.05) is 18.2 Å². The van der Waals surface area contributed by atoms with Crippen LogP contribution in [0.1, 0.15) is 63.9 Å². The molecule has 8 heteroatoms. The molecule has 0 fully saturated rings. The van der Waals surface area contributed by atoms with Crippen LogP contribution in [0.25, 0.3) is 11.5 Å². The van der Waals surface area contributed by atoms with Gasteiger partial charge in [0, 0.05) is 30.6 Å². The van der Waals surface area contributed by atoms with E-state index in [1.807, 2.05) is 31.2 Å². The summed E-state index contributed by atoms with van der Waals surface area (Å²) in [6.07, 6.45) is 3.64. The molecule has 2 N–H and O–H groups in total. The lowest BCUT2D eigenvalue weighted by atomic mass is 10.1. The van der Waals surface area contributed by atoms with Gasteiger partial charge in [-0.2, -0.15) is 5.10 Å². The van der Waals surface area contributed by atoms with Crippen molar-refractivity contribution in [2.24, 2.45) is 0 Å². The number of aromatic nitrogens is 2. The smallest absolute Gasteiger partial charge is 0.303 e. The lowest BCUT2D eigenvalue weighted by Crippen LogP contribution is -2.36. The van der Waals surface area contributed by atoms with Crippen LogP contribution in [0, 0.1) is 0 Å². The van der Waals surface area contributed by atoms with E-state index in [9.17, 15) is 9.59 Å². The largest absolute Gasteiger partial charge is 0.490 e. The SMILES string of the molecule is [2H]C(C)(C)N(Cc1ccccc1O[C@H](C)CCCCC(=O)O)C(=O)c1cc(-c2ccco2)[nH]n1. The van der Waals surface area contributed by atoms with E-state index < -0.39 is 12.0 Å². The minimum Gasteiger partial charge on any atom is -0.490 e. The van der Waals surface area contributed by atoms with E-state index in [4.69, 9.17) is 15.6 Å². The standard InChI is InChI=1S/C25H31N3O5/c1-17(2)28(25(31)21-15-20(26-27-21)23-12-8-14-32-23)16-19-10-5-6-11-22(19)33-18(3)9-4-7-13-24(29)30/h5-6,8,10-12,14-15,17-18H,4,7,9,13,16H2,1-3H3,(H,26,27)(H,29,30)/t18-/m1/s1/i17D. The number of carbonyl (C=O) groups is 2. The van der Waals surface area contributed by atoms with Gasteiger partial charge in [-0.15, -0.1) is 0 Å². The summed E-state index contributed by atoms with van der Waals surface area (Å²) in [4.78, 5) is 25.5. The van der Waals surface area contributed by atoms with E-state index in [-0.39, 0.29) is 30.7 Å². The number of H-pyrrole nitrogens is 1. The van der Waals surface area contributed by atoms with Crippen LogP contribution in [-0.2, 0) is 11.3 Å². The Bertz CT molecular complexity index is 1090. The zero-order chi connectivity index (χ0) is 24.7. The van der Waals surface area contributed by atoms with Crippen molar-refractivity contribution in [2.45, 2.75) is 65.1 Å². The number of benzene rings is 1. The normalized spacial score (nSPS) is 12.8. The summed E-state index contributed by atoms with van der Waals surface area (Å²) in [6.45, 7) is 5.41. The van der Waals surface area contributed by atoms with Crippen molar-refractivity contribution in [3.8, 4) is 17.2 Å². The van der Waals surface area contributed by atoms with Gasteiger partial charge in [0.25, 0.3) is 5.91 Å². The number of hydrogen-bond acceptors (Lipinski definition) is 5. The summed E-state index contributed by atoms with van der Waals surface area (Å²) in [6, 6.07) is 11.4. The zero-order valence-corrected chi connectivity index (χ0v) is 19.2. The van der Waals surface area contributed by atoms with Gasteiger partial charge in [-0.05, 0) is 58.2 Å². The van der Waals surface area contributed by atoms with Gasteiger partial charge in [0.1, 0.15) is 11.4 Å². The molecule has 0 saturated heterocycles. The van der Waals surface area contributed by atoms with Gasteiger partial charge < -0.3 is 19.2 Å². The molecule has 1 amide bonds. The molecule has 2 aromatic heterocycles. The number of hydrogen-bond donors (Lipinski definition) is 2. The maximum atomic E-state index is 13.3. The number of unbranched alkanes of at least 4 members (excludes halogenated alkanes) is 1. The number of amides is 1. The molecule has 3 aromatic rings. The second-order valence-corrected chi connectivity index (χ2v) is 8.16. The maximum Gasteiger partial charge on any atom is 0.303 e. The number of carboxylic acid groups (broad SMARTS) is 1. The molecule has 0 spiro atoms. The van der Waals surface area contributed by atoms with Crippen LogP contribution in [-0.4, -0.2) is 44.2 Å². The Balaban J connectivity index is 1.73.